The van der Waals surface area contributed by atoms with Gasteiger partial charge in [0.25, 0.3) is 5.69 Å². The zero-order valence-electron chi connectivity index (χ0n) is 14.0. The molecule has 0 bridgehead atoms. The molecule has 0 spiro atoms. The van der Waals surface area contributed by atoms with Crippen LogP contribution in [0.15, 0.2) is 59.2 Å². The molecule has 1 aliphatic rings. The van der Waals surface area contributed by atoms with Crippen molar-refractivity contribution in [2.24, 2.45) is 4.99 Å². The van der Waals surface area contributed by atoms with Gasteiger partial charge in [-0.2, -0.15) is 0 Å². The lowest BCUT2D eigenvalue weighted by Gasteiger charge is -2.08. The number of nitrogens with zero attached hydrogens (tertiary/aromatic N) is 2. The van der Waals surface area contributed by atoms with Gasteiger partial charge in [0.05, 0.1) is 11.5 Å². The maximum absolute atomic E-state index is 12.1. The van der Waals surface area contributed by atoms with Crippen molar-refractivity contribution in [2.45, 2.75) is 13.3 Å². The van der Waals surface area contributed by atoms with Crippen molar-refractivity contribution >= 4 is 23.6 Å². The zero-order chi connectivity index (χ0) is 18.5. The number of non-ortho nitro benzene ring substituents is 1. The molecule has 0 saturated heterocycles. The molecule has 0 fully saturated rings. The number of aliphatic imine (C=N–C) groups is 1. The second kappa shape index (κ2) is 7.60. The van der Waals surface area contributed by atoms with Crippen molar-refractivity contribution in [2.75, 3.05) is 6.61 Å². The molecule has 26 heavy (non-hydrogen) atoms. The summed E-state index contributed by atoms with van der Waals surface area (Å²) in [5.74, 6) is 0.0289. The number of rotatable bonds is 6. The number of cyclic esters (lactones) is 1. The van der Waals surface area contributed by atoms with Crippen LogP contribution in [0.5, 0.6) is 5.75 Å². The third kappa shape index (κ3) is 3.77. The van der Waals surface area contributed by atoms with Gasteiger partial charge < -0.3 is 9.47 Å². The smallest absolute Gasteiger partial charge is 0.363 e. The molecule has 0 radical (unpaired) electrons. The first kappa shape index (κ1) is 17.3. The first-order valence-corrected chi connectivity index (χ1v) is 8.07. The van der Waals surface area contributed by atoms with Gasteiger partial charge in [-0.3, -0.25) is 10.1 Å². The molecule has 0 aromatic heterocycles. The first-order chi connectivity index (χ1) is 12.6. The summed E-state index contributed by atoms with van der Waals surface area (Å²) in [7, 11) is 0. The Morgan fingerprint density at radius 3 is 2.69 bits per heavy atom. The van der Waals surface area contributed by atoms with Crippen molar-refractivity contribution in [3.63, 3.8) is 0 Å². The van der Waals surface area contributed by atoms with Crippen LogP contribution in [0.3, 0.4) is 0 Å². The molecule has 0 unspecified atom stereocenters. The predicted molar refractivity (Wildman–Crippen MR) is 95.9 cm³/mol. The van der Waals surface area contributed by atoms with Crippen molar-refractivity contribution in [1.82, 2.24) is 0 Å². The second-order valence-corrected chi connectivity index (χ2v) is 5.53. The van der Waals surface area contributed by atoms with E-state index in [2.05, 4.69) is 4.99 Å². The fraction of sp³-hybridized carbons (Fsp3) is 0.158. The Hall–Kier alpha value is -3.48. The number of benzene rings is 2. The Morgan fingerprint density at radius 1 is 1.23 bits per heavy atom. The van der Waals surface area contributed by atoms with Crippen LogP contribution in [-0.2, 0) is 9.53 Å². The number of hydrogen-bond acceptors (Lipinski definition) is 6. The molecule has 0 N–H and O–H groups in total. The van der Waals surface area contributed by atoms with E-state index in [1.165, 1.54) is 24.3 Å². The molecular formula is C19H16N2O5. The molecule has 0 aliphatic carbocycles. The summed E-state index contributed by atoms with van der Waals surface area (Å²) < 4.78 is 10.8. The molecule has 3 rings (SSSR count). The van der Waals surface area contributed by atoms with E-state index in [0.29, 0.717) is 23.5 Å². The van der Waals surface area contributed by atoms with Crippen molar-refractivity contribution in [3.8, 4) is 5.75 Å². The Morgan fingerprint density at radius 2 is 2.00 bits per heavy atom. The molecule has 2 aromatic rings. The predicted octanol–water partition coefficient (Wildman–Crippen LogP) is 3.73. The van der Waals surface area contributed by atoms with E-state index in [-0.39, 0.29) is 17.3 Å². The highest BCUT2D eigenvalue weighted by molar-refractivity contribution is 6.12. The summed E-state index contributed by atoms with van der Waals surface area (Å²) in [4.78, 5) is 26.9. The second-order valence-electron chi connectivity index (χ2n) is 5.53. The van der Waals surface area contributed by atoms with Gasteiger partial charge >= 0.3 is 5.97 Å². The molecule has 2 aromatic carbocycles. The minimum Gasteiger partial charge on any atom is -0.493 e. The van der Waals surface area contributed by atoms with E-state index in [9.17, 15) is 14.9 Å². The molecule has 132 valence electrons. The number of esters is 1. The molecular weight excluding hydrogens is 336 g/mol. The summed E-state index contributed by atoms with van der Waals surface area (Å²) in [6, 6.07) is 13.2. The van der Waals surface area contributed by atoms with E-state index in [1.54, 1.807) is 12.1 Å². The molecule has 7 nitrogen and oxygen atoms in total. The highest BCUT2D eigenvalue weighted by Gasteiger charge is 2.25. The third-order valence-corrected chi connectivity index (χ3v) is 3.60. The molecule has 0 saturated carbocycles. The first-order valence-electron chi connectivity index (χ1n) is 8.07. The maximum atomic E-state index is 12.1. The lowest BCUT2D eigenvalue weighted by Crippen LogP contribution is -2.05. The van der Waals surface area contributed by atoms with Crippen LogP contribution in [0.25, 0.3) is 6.08 Å². The number of hydrogen-bond donors (Lipinski definition) is 0. The quantitative estimate of drug-likeness (QED) is 0.342. The Bertz CT molecular complexity index is 903. The fourth-order valence-corrected chi connectivity index (χ4v) is 2.37. The SMILES string of the molecule is CCCOc1ccc([N+](=O)[O-])cc1/C=C1/N=C(c2ccccc2)OC1=O. The number of nitro benzene ring substituents is 1. The van der Waals surface area contributed by atoms with E-state index in [1.807, 2.05) is 25.1 Å². The number of ether oxygens (including phenoxy) is 2. The van der Waals surface area contributed by atoms with Crippen LogP contribution in [-0.4, -0.2) is 23.4 Å². The van der Waals surface area contributed by atoms with Gasteiger partial charge in [-0.25, -0.2) is 9.79 Å². The van der Waals surface area contributed by atoms with Crippen LogP contribution in [0, 0.1) is 10.1 Å². The Balaban J connectivity index is 1.99. The van der Waals surface area contributed by atoms with E-state index in [4.69, 9.17) is 9.47 Å². The average Bonchev–Trinajstić information content (AvgIpc) is 3.02. The normalized spacial score (nSPS) is 14.9. The average molecular weight is 352 g/mol. The Kier molecular flexibility index (Phi) is 5.07. The van der Waals surface area contributed by atoms with Crippen molar-refractivity contribution < 1.29 is 19.2 Å². The minimum absolute atomic E-state index is 0.0608. The van der Waals surface area contributed by atoms with Crippen LogP contribution >= 0.6 is 0 Å². The molecule has 7 heteroatoms. The summed E-state index contributed by atoms with van der Waals surface area (Å²) in [5.41, 5.74) is 1.04. The van der Waals surface area contributed by atoms with Gasteiger partial charge in [0.2, 0.25) is 5.90 Å². The zero-order valence-corrected chi connectivity index (χ0v) is 14.0. The van der Waals surface area contributed by atoms with Crippen LogP contribution in [0.2, 0.25) is 0 Å². The lowest BCUT2D eigenvalue weighted by atomic mass is 10.1. The van der Waals surface area contributed by atoms with E-state index >= 15 is 0 Å². The summed E-state index contributed by atoms with van der Waals surface area (Å²) in [6.07, 6.45) is 2.22. The fourth-order valence-electron chi connectivity index (χ4n) is 2.37. The van der Waals surface area contributed by atoms with Gasteiger partial charge in [-0.15, -0.1) is 0 Å². The highest BCUT2D eigenvalue weighted by atomic mass is 16.6. The molecule has 1 heterocycles. The largest absolute Gasteiger partial charge is 0.493 e. The van der Waals surface area contributed by atoms with E-state index in [0.717, 1.165) is 6.42 Å². The molecule has 1 aliphatic heterocycles. The van der Waals surface area contributed by atoms with Gasteiger partial charge in [0, 0.05) is 23.3 Å². The van der Waals surface area contributed by atoms with Gasteiger partial charge in [0.1, 0.15) is 5.75 Å². The Labute approximate surface area is 149 Å². The molecule has 0 amide bonds. The monoisotopic (exact) mass is 352 g/mol. The lowest BCUT2D eigenvalue weighted by molar-refractivity contribution is -0.384. The van der Waals surface area contributed by atoms with Crippen LogP contribution < -0.4 is 4.74 Å². The van der Waals surface area contributed by atoms with Crippen LogP contribution in [0.1, 0.15) is 24.5 Å². The number of carbonyl (C=O) groups is 1. The topological polar surface area (TPSA) is 91.0 Å². The van der Waals surface area contributed by atoms with Gasteiger partial charge in [0.15, 0.2) is 5.70 Å². The highest BCUT2D eigenvalue weighted by Crippen LogP contribution is 2.28. The van der Waals surface area contributed by atoms with Crippen molar-refractivity contribution in [1.29, 1.82) is 0 Å². The van der Waals surface area contributed by atoms with Crippen molar-refractivity contribution in [3.05, 3.63) is 75.5 Å². The maximum Gasteiger partial charge on any atom is 0.363 e. The van der Waals surface area contributed by atoms with Crippen LogP contribution in [0.4, 0.5) is 5.69 Å². The minimum atomic E-state index is -0.614. The standard InChI is InChI=1S/C19H16N2O5/c1-2-10-25-17-9-8-15(21(23)24)11-14(17)12-16-19(22)26-18(20-16)13-6-4-3-5-7-13/h3-9,11-12H,2,10H2,1H3/b16-12+. The van der Waals surface area contributed by atoms with E-state index < -0.39 is 10.9 Å². The number of nitro groups is 1. The summed E-state index contributed by atoms with van der Waals surface area (Å²) in [5, 5.41) is 11.0. The number of carbonyl (C=O) groups excluding carboxylic acids is 1. The third-order valence-electron chi connectivity index (χ3n) is 3.60. The molecule has 0 atom stereocenters. The van der Waals surface area contributed by atoms with Gasteiger partial charge in [-0.1, -0.05) is 25.1 Å². The summed E-state index contributed by atoms with van der Waals surface area (Å²) >= 11 is 0. The summed E-state index contributed by atoms with van der Waals surface area (Å²) in [6.45, 7) is 2.41. The van der Waals surface area contributed by atoms with Gasteiger partial charge in [-0.05, 0) is 30.7 Å².